The van der Waals surface area contributed by atoms with Crippen LogP contribution in [0, 0.1) is 18.2 Å². The first-order valence-electron chi connectivity index (χ1n) is 14.1. The Morgan fingerprint density at radius 3 is 2.60 bits per heavy atom. The lowest BCUT2D eigenvalue weighted by molar-refractivity contribution is 0.0546. The van der Waals surface area contributed by atoms with Gasteiger partial charge in [-0.15, -0.1) is 0 Å². The van der Waals surface area contributed by atoms with E-state index >= 15 is 4.39 Å². The van der Waals surface area contributed by atoms with Crippen molar-refractivity contribution < 1.29 is 19.4 Å². The maximum Gasteiger partial charge on any atom is 0.258 e. The van der Waals surface area contributed by atoms with Crippen LogP contribution in [0.25, 0.3) is 21.9 Å². The smallest absolute Gasteiger partial charge is 0.258 e. The van der Waals surface area contributed by atoms with Gasteiger partial charge in [-0.2, -0.15) is 0 Å². The summed E-state index contributed by atoms with van der Waals surface area (Å²) in [5.41, 5.74) is 1.93. The van der Waals surface area contributed by atoms with E-state index in [1.165, 1.54) is 6.07 Å². The fourth-order valence-electron chi connectivity index (χ4n) is 5.44. The van der Waals surface area contributed by atoms with Crippen LogP contribution >= 0.6 is 0 Å². The number of halogens is 1. The first-order valence-corrected chi connectivity index (χ1v) is 14.1. The highest BCUT2D eigenvalue weighted by Gasteiger charge is 2.27. The number of aliphatic hydroxyl groups excluding tert-OH is 2. The predicted octanol–water partition coefficient (Wildman–Crippen LogP) is 2.79. The molecule has 9 heteroatoms. The number of fused-ring (bicyclic) bond motifs is 1. The Morgan fingerprint density at radius 2 is 1.93 bits per heavy atom. The van der Waals surface area contributed by atoms with E-state index in [0.717, 1.165) is 49.0 Å². The molecule has 1 aromatic heterocycles. The molecule has 0 radical (unpaired) electrons. The van der Waals surface area contributed by atoms with Gasteiger partial charge in [-0.1, -0.05) is 13.0 Å². The summed E-state index contributed by atoms with van der Waals surface area (Å²) >= 11 is 0. The van der Waals surface area contributed by atoms with Crippen LogP contribution in [0.2, 0.25) is 0 Å². The van der Waals surface area contributed by atoms with Crippen molar-refractivity contribution in [2.75, 3.05) is 32.8 Å². The predicted molar refractivity (Wildman–Crippen MR) is 154 cm³/mol. The number of pyridine rings is 1. The van der Waals surface area contributed by atoms with Crippen LogP contribution in [0.4, 0.5) is 4.39 Å². The van der Waals surface area contributed by atoms with E-state index in [4.69, 9.17) is 0 Å². The van der Waals surface area contributed by atoms with Crippen molar-refractivity contribution in [2.24, 2.45) is 5.41 Å². The molecule has 1 aliphatic heterocycles. The van der Waals surface area contributed by atoms with Crippen molar-refractivity contribution in [1.29, 1.82) is 0 Å². The minimum absolute atomic E-state index is 0.164. The quantitative estimate of drug-likeness (QED) is 0.327. The molecule has 2 aliphatic rings. The lowest BCUT2D eigenvalue weighted by Gasteiger charge is -2.32. The van der Waals surface area contributed by atoms with Crippen LogP contribution in [0.1, 0.15) is 48.2 Å². The van der Waals surface area contributed by atoms with Gasteiger partial charge in [0, 0.05) is 67.4 Å². The Bertz CT molecular complexity index is 1480. The van der Waals surface area contributed by atoms with E-state index in [0.29, 0.717) is 29.1 Å². The zero-order valence-corrected chi connectivity index (χ0v) is 23.5. The minimum Gasteiger partial charge on any atom is -0.396 e. The van der Waals surface area contributed by atoms with Gasteiger partial charge in [0.05, 0.1) is 13.2 Å². The third-order valence-corrected chi connectivity index (χ3v) is 8.16. The molecule has 1 amide bonds. The number of benzene rings is 2. The van der Waals surface area contributed by atoms with E-state index in [-0.39, 0.29) is 42.8 Å². The monoisotopic (exact) mass is 550 g/mol. The van der Waals surface area contributed by atoms with Crippen LogP contribution in [-0.4, -0.2) is 70.5 Å². The topological polar surface area (TPSA) is 107 Å². The number of nitrogens with zero attached hydrogens (tertiary/aromatic N) is 2. The van der Waals surface area contributed by atoms with Gasteiger partial charge in [0.25, 0.3) is 11.5 Å². The van der Waals surface area contributed by atoms with Gasteiger partial charge >= 0.3 is 0 Å². The Hall–Kier alpha value is -3.11. The van der Waals surface area contributed by atoms with Gasteiger partial charge in [-0.3, -0.25) is 14.5 Å². The zero-order valence-electron chi connectivity index (χ0n) is 23.5. The number of carbonyl (C=O) groups excluding carboxylic acids is 1. The highest BCUT2D eigenvalue weighted by atomic mass is 19.1. The van der Waals surface area contributed by atoms with Crippen molar-refractivity contribution in [2.45, 2.75) is 58.8 Å². The minimum atomic E-state index is -0.853. The number of rotatable bonds is 9. The fourth-order valence-corrected chi connectivity index (χ4v) is 5.44. The molecule has 8 nitrogen and oxygen atoms in total. The number of hydrogen-bond acceptors (Lipinski definition) is 6. The van der Waals surface area contributed by atoms with Crippen LogP contribution in [0.15, 0.2) is 41.3 Å². The number of aromatic nitrogens is 1. The first kappa shape index (κ1) is 28.4. The molecular formula is C31H39FN4O4. The largest absolute Gasteiger partial charge is 0.396 e. The number of hydrogen-bond donors (Lipinski definition) is 4. The maximum atomic E-state index is 15.0. The summed E-state index contributed by atoms with van der Waals surface area (Å²) in [5, 5.41) is 27.4. The molecule has 214 valence electrons. The first-order chi connectivity index (χ1) is 19.1. The molecule has 0 spiro atoms. The van der Waals surface area contributed by atoms with E-state index < -0.39 is 11.2 Å². The Morgan fingerprint density at radius 1 is 1.18 bits per heavy atom. The van der Waals surface area contributed by atoms with Crippen molar-refractivity contribution in [3.63, 3.8) is 0 Å². The standard InChI is InChI=1S/C31H39FN4O4/c1-19-13-35(9-8-33-19)14-23-15-36(16-31(3,17-37)18-38)30(40)25-7-4-21(10-27(23)25)26-11-22(12-28(32)20(26)2)29(39)34-24-5-6-24/h4,7,10-12,15,19,24,33,37-38H,5-6,8-9,13-14,16-18H2,1-3H3,(H,34,39)/t19-/m0/s1. The number of aliphatic hydroxyl groups is 2. The van der Waals surface area contributed by atoms with Crippen LogP contribution < -0.4 is 16.2 Å². The molecule has 1 saturated heterocycles. The van der Waals surface area contributed by atoms with Crippen molar-refractivity contribution in [1.82, 2.24) is 20.1 Å². The van der Waals surface area contributed by atoms with Gasteiger partial charge in [0.2, 0.25) is 0 Å². The lowest BCUT2D eigenvalue weighted by atomic mass is 9.92. The SMILES string of the molecule is Cc1c(F)cc(C(=O)NC2CC2)cc1-c1ccc2c(=O)n(CC(C)(CO)CO)cc(CN3CCN[C@@H](C)C3)c2c1. The summed E-state index contributed by atoms with van der Waals surface area (Å²) in [6.45, 7) is 8.43. The van der Waals surface area contributed by atoms with E-state index in [1.807, 2.05) is 12.3 Å². The third-order valence-electron chi connectivity index (χ3n) is 8.16. The van der Waals surface area contributed by atoms with E-state index in [1.54, 1.807) is 36.6 Å². The maximum absolute atomic E-state index is 15.0. The average molecular weight is 551 g/mol. The second kappa shape index (κ2) is 11.4. The second-order valence-corrected chi connectivity index (χ2v) is 11.9. The molecule has 40 heavy (non-hydrogen) atoms. The molecule has 1 atom stereocenters. The summed E-state index contributed by atoms with van der Waals surface area (Å²) in [6, 6.07) is 8.99. The highest BCUT2D eigenvalue weighted by Crippen LogP contribution is 2.31. The fraction of sp³-hybridized carbons (Fsp3) is 0.484. The van der Waals surface area contributed by atoms with Crippen molar-refractivity contribution >= 4 is 16.7 Å². The lowest BCUT2D eigenvalue weighted by Crippen LogP contribution is -2.48. The van der Waals surface area contributed by atoms with Gasteiger partial charge in [0.15, 0.2) is 0 Å². The molecule has 0 unspecified atom stereocenters. The molecular weight excluding hydrogens is 511 g/mol. The summed E-state index contributed by atoms with van der Waals surface area (Å²) in [5.74, 6) is -0.730. The van der Waals surface area contributed by atoms with Crippen LogP contribution in [0.5, 0.6) is 0 Å². The normalized spacial score (nSPS) is 18.3. The summed E-state index contributed by atoms with van der Waals surface area (Å²) < 4.78 is 16.6. The molecule has 1 saturated carbocycles. The zero-order chi connectivity index (χ0) is 28.6. The average Bonchev–Trinajstić information content (AvgIpc) is 3.76. The van der Waals surface area contributed by atoms with Gasteiger partial charge in [0.1, 0.15) is 5.82 Å². The summed E-state index contributed by atoms with van der Waals surface area (Å²) in [4.78, 5) is 28.7. The molecule has 0 bridgehead atoms. The second-order valence-electron chi connectivity index (χ2n) is 11.9. The summed E-state index contributed by atoms with van der Waals surface area (Å²) in [7, 11) is 0. The molecule has 2 heterocycles. The van der Waals surface area contributed by atoms with Crippen LogP contribution in [-0.2, 0) is 13.1 Å². The molecule has 4 N–H and O–H groups in total. The highest BCUT2D eigenvalue weighted by molar-refractivity contribution is 5.97. The molecule has 2 aromatic carbocycles. The van der Waals surface area contributed by atoms with Crippen LogP contribution in [0.3, 0.4) is 0 Å². The molecule has 3 aromatic rings. The van der Waals surface area contributed by atoms with Gasteiger partial charge in [-0.05, 0) is 78.6 Å². The number of piperazine rings is 1. The number of carbonyl (C=O) groups is 1. The number of nitrogens with one attached hydrogen (secondary N) is 2. The Labute approximate surface area is 233 Å². The third kappa shape index (κ3) is 5.98. The van der Waals surface area contributed by atoms with E-state index in [9.17, 15) is 19.8 Å². The van der Waals surface area contributed by atoms with Crippen molar-refractivity contribution in [3.8, 4) is 11.1 Å². The molecule has 2 fully saturated rings. The van der Waals surface area contributed by atoms with Gasteiger partial charge < -0.3 is 25.4 Å². The van der Waals surface area contributed by atoms with Gasteiger partial charge in [-0.25, -0.2) is 4.39 Å². The Balaban J connectivity index is 1.61. The summed E-state index contributed by atoms with van der Waals surface area (Å²) in [6.07, 6.45) is 3.72. The van der Waals surface area contributed by atoms with E-state index in [2.05, 4.69) is 22.5 Å². The van der Waals surface area contributed by atoms with Crippen molar-refractivity contribution in [3.05, 3.63) is 69.4 Å². The Kier molecular flexibility index (Phi) is 8.10. The molecule has 1 aliphatic carbocycles. The number of amides is 1. The molecule has 5 rings (SSSR count).